The average molecular weight is 260 g/mol. The van der Waals surface area contributed by atoms with E-state index in [1.165, 1.54) is 0 Å². The molecule has 1 aromatic carbocycles. The number of fused-ring (bicyclic) bond motifs is 1. The zero-order valence-corrected chi connectivity index (χ0v) is 10.8. The second-order valence-electron chi connectivity index (χ2n) is 4.89. The molecule has 0 spiro atoms. The lowest BCUT2D eigenvalue weighted by molar-refractivity contribution is -0.124. The molecule has 2 amide bonds. The van der Waals surface area contributed by atoms with Gasteiger partial charge in [-0.05, 0) is 36.6 Å². The van der Waals surface area contributed by atoms with Gasteiger partial charge in [-0.3, -0.25) is 9.59 Å². The highest BCUT2D eigenvalue weighted by Crippen LogP contribution is 2.32. The van der Waals surface area contributed by atoms with E-state index in [-0.39, 0.29) is 17.9 Å². The van der Waals surface area contributed by atoms with Crippen molar-refractivity contribution in [1.29, 1.82) is 0 Å². The van der Waals surface area contributed by atoms with E-state index in [2.05, 4.69) is 5.32 Å². The molecule has 0 bridgehead atoms. The molecule has 1 atom stereocenters. The van der Waals surface area contributed by atoms with Crippen LogP contribution in [-0.4, -0.2) is 31.5 Å². The highest BCUT2D eigenvalue weighted by atomic mass is 16.5. The summed E-state index contributed by atoms with van der Waals surface area (Å²) in [5, 5.41) is 2.73. The second kappa shape index (κ2) is 4.57. The first-order valence-corrected chi connectivity index (χ1v) is 6.46. The van der Waals surface area contributed by atoms with Crippen LogP contribution in [0.5, 0.6) is 5.75 Å². The SMILES string of the molecule is COc1ccc2c(c1)CCN2C(=O)C1CCC(=O)N1. The van der Waals surface area contributed by atoms with E-state index in [1.54, 1.807) is 12.0 Å². The normalized spacial score (nSPS) is 21.2. The molecule has 2 heterocycles. The molecule has 0 saturated carbocycles. The number of nitrogens with one attached hydrogen (secondary N) is 1. The fourth-order valence-corrected chi connectivity index (χ4v) is 2.72. The van der Waals surface area contributed by atoms with Crippen LogP contribution in [0.2, 0.25) is 0 Å². The van der Waals surface area contributed by atoms with Crippen LogP contribution < -0.4 is 15.0 Å². The van der Waals surface area contributed by atoms with Crippen molar-refractivity contribution in [3.05, 3.63) is 23.8 Å². The highest BCUT2D eigenvalue weighted by Gasteiger charge is 2.34. The van der Waals surface area contributed by atoms with Gasteiger partial charge in [-0.1, -0.05) is 0 Å². The lowest BCUT2D eigenvalue weighted by Gasteiger charge is -2.21. The van der Waals surface area contributed by atoms with Crippen molar-refractivity contribution in [3.63, 3.8) is 0 Å². The van der Waals surface area contributed by atoms with Gasteiger partial charge in [0.15, 0.2) is 0 Å². The molecule has 1 N–H and O–H groups in total. The van der Waals surface area contributed by atoms with Gasteiger partial charge in [0.05, 0.1) is 7.11 Å². The van der Waals surface area contributed by atoms with Gasteiger partial charge in [0.25, 0.3) is 0 Å². The molecule has 0 aromatic heterocycles. The van der Waals surface area contributed by atoms with E-state index in [9.17, 15) is 9.59 Å². The fourth-order valence-electron chi connectivity index (χ4n) is 2.72. The summed E-state index contributed by atoms with van der Waals surface area (Å²) in [4.78, 5) is 25.4. The number of nitrogens with zero attached hydrogens (tertiary/aromatic N) is 1. The van der Waals surface area contributed by atoms with Crippen LogP contribution in [0.15, 0.2) is 18.2 Å². The summed E-state index contributed by atoms with van der Waals surface area (Å²) in [7, 11) is 1.63. The largest absolute Gasteiger partial charge is 0.497 e. The minimum Gasteiger partial charge on any atom is -0.497 e. The number of carbonyl (C=O) groups excluding carboxylic acids is 2. The van der Waals surface area contributed by atoms with Crippen LogP contribution in [-0.2, 0) is 16.0 Å². The number of anilines is 1. The molecule has 1 unspecified atom stereocenters. The Bertz CT molecular complexity index is 541. The highest BCUT2D eigenvalue weighted by molar-refractivity contribution is 6.02. The van der Waals surface area contributed by atoms with Crippen molar-refractivity contribution in [3.8, 4) is 5.75 Å². The maximum Gasteiger partial charge on any atom is 0.249 e. The maximum absolute atomic E-state index is 12.4. The van der Waals surface area contributed by atoms with Crippen molar-refractivity contribution in [2.75, 3.05) is 18.6 Å². The van der Waals surface area contributed by atoms with Crippen LogP contribution in [0.3, 0.4) is 0 Å². The smallest absolute Gasteiger partial charge is 0.249 e. The Morgan fingerprint density at radius 1 is 1.42 bits per heavy atom. The van der Waals surface area contributed by atoms with Gasteiger partial charge in [0.1, 0.15) is 11.8 Å². The Labute approximate surface area is 111 Å². The molecule has 1 fully saturated rings. The molecule has 1 saturated heterocycles. The van der Waals surface area contributed by atoms with Crippen LogP contribution >= 0.6 is 0 Å². The van der Waals surface area contributed by atoms with Crippen LogP contribution in [0.4, 0.5) is 5.69 Å². The first kappa shape index (κ1) is 12.0. The van der Waals surface area contributed by atoms with Gasteiger partial charge < -0.3 is 15.0 Å². The number of methoxy groups -OCH3 is 1. The lowest BCUT2D eigenvalue weighted by atomic mass is 10.1. The molecule has 1 aromatic rings. The van der Waals surface area contributed by atoms with Crippen molar-refractivity contribution in [2.45, 2.75) is 25.3 Å². The van der Waals surface area contributed by atoms with Gasteiger partial charge in [0, 0.05) is 18.7 Å². The lowest BCUT2D eigenvalue weighted by Crippen LogP contribution is -2.43. The topological polar surface area (TPSA) is 58.6 Å². The predicted molar refractivity (Wildman–Crippen MR) is 70.2 cm³/mol. The summed E-state index contributed by atoms with van der Waals surface area (Å²) in [5.41, 5.74) is 2.06. The van der Waals surface area contributed by atoms with Crippen LogP contribution in [0.25, 0.3) is 0 Å². The Morgan fingerprint density at radius 2 is 2.26 bits per heavy atom. The summed E-state index contributed by atoms with van der Waals surface area (Å²) in [6.07, 6.45) is 1.87. The van der Waals surface area contributed by atoms with E-state index < -0.39 is 0 Å². The second-order valence-corrected chi connectivity index (χ2v) is 4.89. The van der Waals surface area contributed by atoms with Crippen molar-refractivity contribution < 1.29 is 14.3 Å². The summed E-state index contributed by atoms with van der Waals surface area (Å²) in [5.74, 6) is 0.768. The maximum atomic E-state index is 12.4. The number of ether oxygens (including phenoxy) is 1. The zero-order valence-electron chi connectivity index (χ0n) is 10.8. The minimum absolute atomic E-state index is 0.00485. The van der Waals surface area contributed by atoms with Crippen molar-refractivity contribution in [2.24, 2.45) is 0 Å². The first-order chi connectivity index (χ1) is 9.19. The summed E-state index contributed by atoms with van der Waals surface area (Å²) in [6, 6.07) is 5.38. The molecule has 2 aliphatic rings. The number of hydrogen-bond donors (Lipinski definition) is 1. The summed E-state index contributed by atoms with van der Waals surface area (Å²) < 4.78 is 5.19. The zero-order chi connectivity index (χ0) is 13.4. The molecule has 3 rings (SSSR count). The van der Waals surface area contributed by atoms with E-state index in [0.717, 1.165) is 23.4 Å². The monoisotopic (exact) mass is 260 g/mol. The van der Waals surface area contributed by atoms with Gasteiger partial charge in [-0.15, -0.1) is 0 Å². The molecule has 100 valence electrons. The number of amides is 2. The van der Waals surface area contributed by atoms with Gasteiger partial charge in [-0.2, -0.15) is 0 Å². The molecule has 0 radical (unpaired) electrons. The summed E-state index contributed by atoms with van der Waals surface area (Å²) >= 11 is 0. The summed E-state index contributed by atoms with van der Waals surface area (Å²) in [6.45, 7) is 0.674. The third-order valence-corrected chi connectivity index (χ3v) is 3.74. The Balaban J connectivity index is 1.82. The van der Waals surface area contributed by atoms with E-state index in [4.69, 9.17) is 4.74 Å². The van der Waals surface area contributed by atoms with Gasteiger partial charge in [0.2, 0.25) is 11.8 Å². The van der Waals surface area contributed by atoms with Gasteiger partial charge >= 0.3 is 0 Å². The molecule has 19 heavy (non-hydrogen) atoms. The van der Waals surface area contributed by atoms with E-state index in [1.807, 2.05) is 18.2 Å². The number of rotatable bonds is 2. The van der Waals surface area contributed by atoms with E-state index >= 15 is 0 Å². The van der Waals surface area contributed by atoms with E-state index in [0.29, 0.717) is 19.4 Å². The molecule has 5 heteroatoms. The quantitative estimate of drug-likeness (QED) is 0.858. The van der Waals surface area contributed by atoms with Gasteiger partial charge in [-0.25, -0.2) is 0 Å². The number of hydrogen-bond acceptors (Lipinski definition) is 3. The Morgan fingerprint density at radius 3 is 2.95 bits per heavy atom. The fraction of sp³-hybridized carbons (Fsp3) is 0.429. The van der Waals surface area contributed by atoms with Crippen molar-refractivity contribution >= 4 is 17.5 Å². The van der Waals surface area contributed by atoms with Crippen LogP contribution in [0, 0.1) is 0 Å². The standard InChI is InChI=1S/C14H16N2O3/c1-19-10-2-4-12-9(8-10)6-7-16(12)14(18)11-3-5-13(17)15-11/h2,4,8,11H,3,5-7H2,1H3,(H,15,17). The molecular weight excluding hydrogens is 244 g/mol. The average Bonchev–Trinajstić information content (AvgIpc) is 3.03. The Hall–Kier alpha value is -2.04. The molecular formula is C14H16N2O3. The number of carbonyl (C=O) groups is 2. The molecule has 5 nitrogen and oxygen atoms in total. The third-order valence-electron chi connectivity index (χ3n) is 3.74. The molecule has 2 aliphatic heterocycles. The predicted octanol–water partition coefficient (Wildman–Crippen LogP) is 0.863. The Kier molecular flexibility index (Phi) is 2.89. The first-order valence-electron chi connectivity index (χ1n) is 6.46. The van der Waals surface area contributed by atoms with Crippen molar-refractivity contribution in [1.82, 2.24) is 5.32 Å². The molecule has 0 aliphatic carbocycles. The third kappa shape index (κ3) is 2.05. The minimum atomic E-state index is -0.361. The van der Waals surface area contributed by atoms with Crippen LogP contribution in [0.1, 0.15) is 18.4 Å². The number of benzene rings is 1.